The van der Waals surface area contributed by atoms with E-state index < -0.39 is 17.9 Å². The molecule has 2 aromatic carbocycles. The number of carbonyl (C=O) groups is 2. The Balaban J connectivity index is 1.96. The Labute approximate surface area is 209 Å². The van der Waals surface area contributed by atoms with Crippen LogP contribution in [0.15, 0.2) is 71.4 Å². The van der Waals surface area contributed by atoms with Gasteiger partial charge in [0.25, 0.3) is 11.8 Å². The van der Waals surface area contributed by atoms with E-state index in [1.54, 1.807) is 51.8 Å². The van der Waals surface area contributed by atoms with Gasteiger partial charge in [-0.25, -0.2) is 4.68 Å². The minimum Gasteiger partial charge on any atom is -0.493 e. The van der Waals surface area contributed by atoms with E-state index in [1.807, 2.05) is 54.7 Å². The molecule has 2 heterocycles. The third kappa shape index (κ3) is 4.27. The first kappa shape index (κ1) is 24.5. The van der Waals surface area contributed by atoms with Gasteiger partial charge in [-0.2, -0.15) is 10.4 Å². The first-order valence-electron chi connectivity index (χ1n) is 11.4. The van der Waals surface area contributed by atoms with Crippen LogP contribution in [0.25, 0.3) is 23.0 Å². The third-order valence-corrected chi connectivity index (χ3v) is 6.01. The summed E-state index contributed by atoms with van der Waals surface area (Å²) in [4.78, 5) is 27.3. The molecular formula is C28H26N4O4. The molecule has 2 amide bonds. The van der Waals surface area contributed by atoms with Gasteiger partial charge in [0, 0.05) is 28.9 Å². The van der Waals surface area contributed by atoms with Crippen LogP contribution >= 0.6 is 0 Å². The fraction of sp³-hybridized carbons (Fsp3) is 0.214. The molecule has 182 valence electrons. The van der Waals surface area contributed by atoms with Crippen molar-refractivity contribution >= 4 is 17.9 Å². The molecule has 0 spiro atoms. The molecule has 0 aliphatic carbocycles. The smallest absolute Gasteiger partial charge is 0.271 e. The summed E-state index contributed by atoms with van der Waals surface area (Å²) in [5, 5.41) is 14.5. The van der Waals surface area contributed by atoms with Crippen molar-refractivity contribution < 1.29 is 19.1 Å². The molecule has 0 unspecified atom stereocenters. The highest BCUT2D eigenvalue weighted by molar-refractivity contribution is 6.20. The Morgan fingerprint density at radius 3 is 2.31 bits per heavy atom. The molecule has 0 saturated heterocycles. The number of nitriles is 1. The van der Waals surface area contributed by atoms with Gasteiger partial charge in [-0.15, -0.1) is 0 Å². The van der Waals surface area contributed by atoms with E-state index >= 15 is 0 Å². The molecule has 1 aliphatic rings. The highest BCUT2D eigenvalue weighted by Crippen LogP contribution is 2.35. The molecular weight excluding hydrogens is 456 g/mol. The van der Waals surface area contributed by atoms with Crippen molar-refractivity contribution in [3.8, 4) is 34.5 Å². The van der Waals surface area contributed by atoms with Crippen molar-refractivity contribution in [3.63, 3.8) is 0 Å². The molecule has 0 bridgehead atoms. The van der Waals surface area contributed by atoms with Crippen LogP contribution in [0.2, 0.25) is 0 Å². The van der Waals surface area contributed by atoms with Crippen molar-refractivity contribution in [2.45, 2.75) is 26.8 Å². The second-order valence-corrected chi connectivity index (χ2v) is 8.53. The monoisotopic (exact) mass is 482 g/mol. The third-order valence-electron chi connectivity index (χ3n) is 6.01. The van der Waals surface area contributed by atoms with Crippen LogP contribution in [0.1, 0.15) is 26.3 Å². The first-order chi connectivity index (χ1) is 17.3. The summed E-state index contributed by atoms with van der Waals surface area (Å²) in [6.45, 7) is 5.10. The lowest BCUT2D eigenvalue weighted by Gasteiger charge is -2.30. The van der Waals surface area contributed by atoms with Gasteiger partial charge < -0.3 is 9.47 Å². The lowest BCUT2D eigenvalue weighted by atomic mass is 9.92. The number of amides is 2. The summed E-state index contributed by atoms with van der Waals surface area (Å²) in [6, 6.07) is 16.6. The SMILES string of the molecule is COc1ccc(-c2nn(-c3ccccc3)cc2/C=C2/C(=O)N(C(C)C)C(=O)C(C#N)=C2C)cc1OC. The fourth-order valence-electron chi connectivity index (χ4n) is 4.14. The summed E-state index contributed by atoms with van der Waals surface area (Å²) in [6.07, 6.45) is 3.51. The van der Waals surface area contributed by atoms with E-state index in [2.05, 4.69) is 0 Å². The van der Waals surface area contributed by atoms with E-state index in [0.717, 1.165) is 16.2 Å². The van der Waals surface area contributed by atoms with Gasteiger partial charge in [0.15, 0.2) is 11.5 Å². The summed E-state index contributed by atoms with van der Waals surface area (Å²) in [5.74, 6) is 0.0927. The number of methoxy groups -OCH3 is 2. The van der Waals surface area contributed by atoms with Crippen LogP contribution in [-0.4, -0.2) is 46.8 Å². The molecule has 8 heteroatoms. The van der Waals surface area contributed by atoms with Gasteiger partial charge in [-0.1, -0.05) is 18.2 Å². The zero-order valence-corrected chi connectivity index (χ0v) is 20.8. The van der Waals surface area contributed by atoms with Crippen LogP contribution in [-0.2, 0) is 9.59 Å². The number of hydrogen-bond donors (Lipinski definition) is 0. The summed E-state index contributed by atoms with van der Waals surface area (Å²) < 4.78 is 12.6. The van der Waals surface area contributed by atoms with Gasteiger partial charge in [0.1, 0.15) is 17.3 Å². The normalized spacial score (nSPS) is 15.0. The minimum atomic E-state index is -0.577. The highest BCUT2D eigenvalue weighted by atomic mass is 16.5. The van der Waals surface area contributed by atoms with Crippen LogP contribution < -0.4 is 9.47 Å². The quantitative estimate of drug-likeness (QED) is 0.378. The fourth-order valence-corrected chi connectivity index (χ4v) is 4.14. The molecule has 1 aliphatic heterocycles. The molecule has 3 aromatic rings. The van der Waals surface area contributed by atoms with E-state index in [-0.39, 0.29) is 11.1 Å². The van der Waals surface area contributed by atoms with E-state index in [1.165, 1.54) is 0 Å². The van der Waals surface area contributed by atoms with Gasteiger partial charge in [-0.3, -0.25) is 14.5 Å². The number of ether oxygens (including phenoxy) is 2. The van der Waals surface area contributed by atoms with Crippen molar-refractivity contribution in [1.82, 2.24) is 14.7 Å². The second-order valence-electron chi connectivity index (χ2n) is 8.53. The number of benzene rings is 2. The minimum absolute atomic E-state index is 0.0438. The largest absolute Gasteiger partial charge is 0.493 e. The number of rotatable bonds is 6. The Kier molecular flexibility index (Phi) is 6.75. The summed E-state index contributed by atoms with van der Waals surface area (Å²) >= 11 is 0. The van der Waals surface area contributed by atoms with Gasteiger partial charge >= 0.3 is 0 Å². The van der Waals surface area contributed by atoms with Gasteiger partial charge in [-0.05, 0) is 62.8 Å². The predicted molar refractivity (Wildman–Crippen MR) is 135 cm³/mol. The summed E-state index contributed by atoms with van der Waals surface area (Å²) in [7, 11) is 3.12. The van der Waals surface area contributed by atoms with Crippen molar-refractivity contribution in [2.75, 3.05) is 14.2 Å². The van der Waals surface area contributed by atoms with E-state index in [4.69, 9.17) is 14.6 Å². The molecule has 0 radical (unpaired) electrons. The molecule has 36 heavy (non-hydrogen) atoms. The molecule has 1 aromatic heterocycles. The van der Waals surface area contributed by atoms with Crippen LogP contribution in [0.5, 0.6) is 11.5 Å². The predicted octanol–water partition coefficient (Wildman–Crippen LogP) is 4.56. The van der Waals surface area contributed by atoms with Gasteiger partial charge in [0.05, 0.1) is 19.9 Å². The molecule has 0 saturated carbocycles. The van der Waals surface area contributed by atoms with E-state index in [0.29, 0.717) is 28.3 Å². The number of hydrogen-bond acceptors (Lipinski definition) is 6. The maximum Gasteiger partial charge on any atom is 0.271 e. The van der Waals surface area contributed by atoms with E-state index in [9.17, 15) is 14.9 Å². The van der Waals surface area contributed by atoms with Crippen molar-refractivity contribution in [1.29, 1.82) is 5.26 Å². The Morgan fingerprint density at radius 1 is 1.00 bits per heavy atom. The zero-order valence-electron chi connectivity index (χ0n) is 20.8. The lowest BCUT2D eigenvalue weighted by molar-refractivity contribution is -0.142. The number of aromatic nitrogens is 2. The van der Waals surface area contributed by atoms with Gasteiger partial charge in [0.2, 0.25) is 0 Å². The van der Waals surface area contributed by atoms with Crippen molar-refractivity contribution in [3.05, 3.63) is 77.0 Å². The number of nitrogens with zero attached hydrogens (tertiary/aromatic N) is 4. The van der Waals surface area contributed by atoms with Crippen LogP contribution in [0, 0.1) is 11.3 Å². The average molecular weight is 483 g/mol. The Bertz CT molecular complexity index is 1440. The van der Waals surface area contributed by atoms with Crippen LogP contribution in [0.3, 0.4) is 0 Å². The maximum atomic E-state index is 13.4. The Hall–Kier alpha value is -4.64. The second kappa shape index (κ2) is 9.92. The molecule has 0 fully saturated rings. The average Bonchev–Trinajstić information content (AvgIpc) is 3.30. The number of para-hydroxylation sites is 1. The zero-order chi connectivity index (χ0) is 26.0. The molecule has 8 nitrogen and oxygen atoms in total. The standard InChI is InChI=1S/C28H26N4O4/c1-17(2)32-27(33)22(18(3)23(15-29)28(32)34)13-20-16-31(21-9-7-6-8-10-21)30-26(20)19-11-12-24(35-4)25(14-19)36-5/h6-14,16-17H,1-5H3/b22-13+. The first-order valence-corrected chi connectivity index (χ1v) is 11.4. The lowest BCUT2D eigenvalue weighted by Crippen LogP contribution is -2.46. The molecule has 0 N–H and O–H groups in total. The molecule has 4 rings (SSSR count). The van der Waals surface area contributed by atoms with Crippen LogP contribution in [0.4, 0.5) is 0 Å². The summed E-state index contributed by atoms with van der Waals surface area (Å²) in [5.41, 5.74) is 3.39. The van der Waals surface area contributed by atoms with Crippen molar-refractivity contribution in [2.24, 2.45) is 0 Å². The topological polar surface area (TPSA) is 97.5 Å². The maximum absolute atomic E-state index is 13.4. The number of carbonyl (C=O) groups excluding carboxylic acids is 2. The molecule has 0 atom stereocenters. The Morgan fingerprint density at radius 2 is 1.69 bits per heavy atom. The number of imide groups is 1. The highest BCUT2D eigenvalue weighted by Gasteiger charge is 2.37.